The molecule has 2 heterocycles. The number of hydrogen-bond donors (Lipinski definition) is 1. The fourth-order valence-electron chi connectivity index (χ4n) is 2.15. The molecule has 2 aromatic rings. The monoisotopic (exact) mass is 231 g/mol. The van der Waals surface area contributed by atoms with Gasteiger partial charge >= 0.3 is 0 Å². The quantitative estimate of drug-likeness (QED) is 0.856. The highest BCUT2D eigenvalue weighted by atomic mass is 15.2. The van der Waals surface area contributed by atoms with E-state index in [1.54, 1.807) is 6.20 Å². The SMILES string of the molecule is CN(CCn1c(N)nc2cccnc21)C1CC1. The molecule has 0 bridgehead atoms. The van der Waals surface area contributed by atoms with Gasteiger partial charge in [-0.25, -0.2) is 9.97 Å². The molecule has 0 radical (unpaired) electrons. The second-order valence-electron chi connectivity index (χ2n) is 4.68. The molecule has 0 aliphatic heterocycles. The number of rotatable bonds is 4. The second-order valence-corrected chi connectivity index (χ2v) is 4.68. The van der Waals surface area contributed by atoms with Gasteiger partial charge in [-0.15, -0.1) is 0 Å². The lowest BCUT2D eigenvalue weighted by Crippen LogP contribution is -2.25. The van der Waals surface area contributed by atoms with Crippen LogP contribution in [0.15, 0.2) is 18.3 Å². The molecule has 5 nitrogen and oxygen atoms in total. The first-order chi connectivity index (χ1) is 8.25. The van der Waals surface area contributed by atoms with Crippen LogP contribution in [0.3, 0.4) is 0 Å². The number of aromatic nitrogens is 3. The molecule has 1 fully saturated rings. The van der Waals surface area contributed by atoms with Crippen molar-refractivity contribution in [3.63, 3.8) is 0 Å². The summed E-state index contributed by atoms with van der Waals surface area (Å²) in [7, 11) is 2.17. The Labute approximate surface area is 100 Å². The number of anilines is 1. The molecule has 0 spiro atoms. The topological polar surface area (TPSA) is 60.0 Å². The standard InChI is InChI=1S/C12H17N5/c1-16(9-4-5-9)7-8-17-11-10(15-12(17)13)3-2-6-14-11/h2-3,6,9H,4-5,7-8H2,1H3,(H2,13,15). The fourth-order valence-corrected chi connectivity index (χ4v) is 2.15. The van der Waals surface area contributed by atoms with Gasteiger partial charge < -0.3 is 10.6 Å². The smallest absolute Gasteiger partial charge is 0.202 e. The van der Waals surface area contributed by atoms with Crippen molar-refractivity contribution in [3.8, 4) is 0 Å². The van der Waals surface area contributed by atoms with E-state index < -0.39 is 0 Å². The maximum Gasteiger partial charge on any atom is 0.202 e. The van der Waals surface area contributed by atoms with Crippen LogP contribution >= 0.6 is 0 Å². The van der Waals surface area contributed by atoms with Crippen LogP contribution in [0, 0.1) is 0 Å². The second kappa shape index (κ2) is 4.00. The van der Waals surface area contributed by atoms with Gasteiger partial charge in [0.2, 0.25) is 5.95 Å². The van der Waals surface area contributed by atoms with Crippen LogP contribution in [0.1, 0.15) is 12.8 Å². The van der Waals surface area contributed by atoms with E-state index in [1.165, 1.54) is 12.8 Å². The van der Waals surface area contributed by atoms with Gasteiger partial charge in [-0.3, -0.25) is 4.57 Å². The summed E-state index contributed by atoms with van der Waals surface area (Å²) in [6.07, 6.45) is 4.44. The van der Waals surface area contributed by atoms with Crippen molar-refractivity contribution in [1.29, 1.82) is 0 Å². The molecule has 2 N–H and O–H groups in total. The molecule has 0 aromatic carbocycles. The predicted molar refractivity (Wildman–Crippen MR) is 67.6 cm³/mol. The average Bonchev–Trinajstić information content (AvgIpc) is 3.11. The Kier molecular flexibility index (Phi) is 2.48. The molecule has 2 aromatic heterocycles. The van der Waals surface area contributed by atoms with Crippen molar-refractivity contribution in [3.05, 3.63) is 18.3 Å². The minimum absolute atomic E-state index is 0.558. The highest BCUT2D eigenvalue weighted by Gasteiger charge is 2.25. The van der Waals surface area contributed by atoms with Crippen LogP contribution in [0.5, 0.6) is 0 Å². The number of fused-ring (bicyclic) bond motifs is 1. The molecular formula is C12H17N5. The third kappa shape index (κ3) is 1.98. The van der Waals surface area contributed by atoms with Crippen molar-refractivity contribution in [2.24, 2.45) is 0 Å². The Morgan fingerprint density at radius 1 is 1.53 bits per heavy atom. The molecule has 0 atom stereocenters. The summed E-state index contributed by atoms with van der Waals surface area (Å²) in [5.41, 5.74) is 7.68. The fraction of sp³-hybridized carbons (Fsp3) is 0.500. The summed E-state index contributed by atoms with van der Waals surface area (Å²) in [5, 5.41) is 0. The first-order valence-electron chi connectivity index (χ1n) is 6.02. The van der Waals surface area contributed by atoms with E-state index in [0.29, 0.717) is 5.95 Å². The molecule has 0 saturated heterocycles. The lowest BCUT2D eigenvalue weighted by Gasteiger charge is -2.16. The number of nitrogens with two attached hydrogens (primary N) is 1. The molecule has 90 valence electrons. The van der Waals surface area contributed by atoms with E-state index in [4.69, 9.17) is 5.73 Å². The van der Waals surface area contributed by atoms with Crippen LogP contribution in [0.4, 0.5) is 5.95 Å². The molecule has 3 rings (SSSR count). The zero-order chi connectivity index (χ0) is 11.8. The molecule has 0 amide bonds. The minimum atomic E-state index is 0.558. The normalized spacial score (nSPS) is 15.9. The maximum atomic E-state index is 5.92. The van der Waals surface area contributed by atoms with Crippen LogP contribution < -0.4 is 5.73 Å². The van der Waals surface area contributed by atoms with Gasteiger partial charge in [-0.05, 0) is 32.0 Å². The molecule has 5 heteroatoms. The number of nitrogen functional groups attached to an aromatic ring is 1. The Morgan fingerprint density at radius 3 is 3.12 bits per heavy atom. The maximum absolute atomic E-state index is 5.92. The van der Waals surface area contributed by atoms with Crippen molar-refractivity contribution >= 4 is 17.1 Å². The van der Waals surface area contributed by atoms with Gasteiger partial charge in [0.05, 0.1) is 0 Å². The number of pyridine rings is 1. The number of imidazole rings is 1. The van der Waals surface area contributed by atoms with Crippen molar-refractivity contribution in [2.45, 2.75) is 25.4 Å². The van der Waals surface area contributed by atoms with Crippen LogP contribution in [-0.4, -0.2) is 39.1 Å². The largest absolute Gasteiger partial charge is 0.369 e. The number of likely N-dealkylation sites (N-methyl/N-ethyl adjacent to an activating group) is 1. The Bertz CT molecular complexity index is 529. The zero-order valence-electron chi connectivity index (χ0n) is 10.0. The summed E-state index contributed by atoms with van der Waals surface area (Å²) in [6.45, 7) is 1.85. The average molecular weight is 231 g/mol. The van der Waals surface area contributed by atoms with Crippen molar-refractivity contribution < 1.29 is 0 Å². The van der Waals surface area contributed by atoms with Gasteiger partial charge in [0.25, 0.3) is 0 Å². The molecule has 1 aliphatic rings. The van der Waals surface area contributed by atoms with E-state index in [0.717, 1.165) is 30.3 Å². The molecule has 17 heavy (non-hydrogen) atoms. The Morgan fingerprint density at radius 2 is 2.35 bits per heavy atom. The first-order valence-corrected chi connectivity index (χ1v) is 6.02. The van der Waals surface area contributed by atoms with Gasteiger partial charge in [0.15, 0.2) is 5.65 Å². The molecule has 1 aliphatic carbocycles. The summed E-state index contributed by atoms with van der Waals surface area (Å²) in [5.74, 6) is 0.558. The summed E-state index contributed by atoms with van der Waals surface area (Å²) in [4.78, 5) is 11.0. The lowest BCUT2D eigenvalue weighted by molar-refractivity contribution is 0.311. The number of nitrogens with zero attached hydrogens (tertiary/aromatic N) is 4. The minimum Gasteiger partial charge on any atom is -0.369 e. The Balaban J connectivity index is 1.81. The van der Waals surface area contributed by atoms with Crippen LogP contribution in [0.2, 0.25) is 0 Å². The highest BCUT2D eigenvalue weighted by molar-refractivity contribution is 5.73. The van der Waals surface area contributed by atoms with E-state index in [9.17, 15) is 0 Å². The third-order valence-electron chi connectivity index (χ3n) is 3.38. The van der Waals surface area contributed by atoms with Gasteiger partial charge in [0, 0.05) is 25.3 Å². The summed E-state index contributed by atoms with van der Waals surface area (Å²) < 4.78 is 1.99. The van der Waals surface area contributed by atoms with Gasteiger partial charge in [0.1, 0.15) is 5.52 Å². The van der Waals surface area contributed by atoms with E-state index in [-0.39, 0.29) is 0 Å². The lowest BCUT2D eigenvalue weighted by atomic mass is 10.4. The highest BCUT2D eigenvalue weighted by Crippen LogP contribution is 2.25. The van der Waals surface area contributed by atoms with Crippen molar-refractivity contribution in [2.75, 3.05) is 19.3 Å². The zero-order valence-corrected chi connectivity index (χ0v) is 10.0. The van der Waals surface area contributed by atoms with Crippen LogP contribution in [-0.2, 0) is 6.54 Å². The van der Waals surface area contributed by atoms with E-state index in [1.807, 2.05) is 16.7 Å². The predicted octanol–water partition coefficient (Wildman–Crippen LogP) is 1.11. The molecule has 0 unspecified atom stereocenters. The number of hydrogen-bond acceptors (Lipinski definition) is 4. The summed E-state index contributed by atoms with van der Waals surface area (Å²) in [6, 6.07) is 4.61. The third-order valence-corrected chi connectivity index (χ3v) is 3.38. The van der Waals surface area contributed by atoms with Gasteiger partial charge in [-0.1, -0.05) is 0 Å². The summed E-state index contributed by atoms with van der Waals surface area (Å²) >= 11 is 0. The van der Waals surface area contributed by atoms with E-state index >= 15 is 0 Å². The first kappa shape index (κ1) is 10.5. The molecule has 1 saturated carbocycles. The Hall–Kier alpha value is -1.62. The van der Waals surface area contributed by atoms with Gasteiger partial charge in [-0.2, -0.15) is 0 Å². The molecular weight excluding hydrogens is 214 g/mol. The van der Waals surface area contributed by atoms with E-state index in [2.05, 4.69) is 21.9 Å². The van der Waals surface area contributed by atoms with Crippen molar-refractivity contribution in [1.82, 2.24) is 19.4 Å². The van der Waals surface area contributed by atoms with Crippen LogP contribution in [0.25, 0.3) is 11.2 Å².